The molecule has 2 unspecified atom stereocenters. The smallest absolute Gasteiger partial charge is 0.150 e. The molecule has 2 atom stereocenters. The number of nitrogens with two attached hydrogens (primary N) is 1. The zero-order valence-electron chi connectivity index (χ0n) is 11.5. The highest BCUT2D eigenvalue weighted by Gasteiger charge is 2.28. The highest BCUT2D eigenvalue weighted by molar-refractivity contribution is 7.91. The molecule has 2 N–H and O–H groups in total. The summed E-state index contributed by atoms with van der Waals surface area (Å²) in [5.41, 5.74) is 8.72. The van der Waals surface area contributed by atoms with E-state index in [2.05, 4.69) is 31.2 Å². The fourth-order valence-corrected chi connectivity index (χ4v) is 4.66. The standard InChI is InChI=1S/C15H23NO2S/c1-2-12-3-5-13(6-4-12)9-15(16)10-14-7-8-19(17,18)11-14/h3-6,14-15H,2,7-11,16H2,1H3. The maximum absolute atomic E-state index is 11.4. The third-order valence-electron chi connectivity index (χ3n) is 3.89. The molecule has 19 heavy (non-hydrogen) atoms. The van der Waals surface area contributed by atoms with Gasteiger partial charge in [-0.05, 0) is 42.7 Å². The van der Waals surface area contributed by atoms with E-state index in [1.54, 1.807) is 0 Å². The zero-order chi connectivity index (χ0) is 13.9. The molecule has 3 nitrogen and oxygen atoms in total. The summed E-state index contributed by atoms with van der Waals surface area (Å²) < 4.78 is 22.8. The molecule has 0 amide bonds. The van der Waals surface area contributed by atoms with Crippen molar-refractivity contribution in [2.24, 2.45) is 11.7 Å². The van der Waals surface area contributed by atoms with Crippen LogP contribution in [0.1, 0.15) is 30.9 Å². The minimum absolute atomic E-state index is 0.0609. The van der Waals surface area contributed by atoms with E-state index < -0.39 is 9.84 Å². The number of hydrogen-bond acceptors (Lipinski definition) is 3. The molecule has 2 rings (SSSR count). The molecule has 4 heteroatoms. The lowest BCUT2D eigenvalue weighted by Gasteiger charge is -2.15. The van der Waals surface area contributed by atoms with Gasteiger partial charge >= 0.3 is 0 Å². The maximum Gasteiger partial charge on any atom is 0.150 e. The van der Waals surface area contributed by atoms with Gasteiger partial charge in [0, 0.05) is 6.04 Å². The second-order valence-electron chi connectivity index (χ2n) is 5.64. The molecule has 0 aliphatic carbocycles. The van der Waals surface area contributed by atoms with Crippen LogP contribution in [0.15, 0.2) is 24.3 Å². The van der Waals surface area contributed by atoms with Crippen LogP contribution in [-0.4, -0.2) is 26.0 Å². The second-order valence-corrected chi connectivity index (χ2v) is 7.87. The summed E-state index contributed by atoms with van der Waals surface area (Å²) in [6.45, 7) is 2.14. The van der Waals surface area contributed by atoms with Crippen LogP contribution in [0, 0.1) is 5.92 Å². The molecule has 0 radical (unpaired) electrons. The first-order valence-electron chi connectivity index (χ1n) is 7.02. The highest BCUT2D eigenvalue weighted by atomic mass is 32.2. The summed E-state index contributed by atoms with van der Waals surface area (Å²) in [6.07, 6.45) is 3.48. The fourth-order valence-electron chi connectivity index (χ4n) is 2.78. The van der Waals surface area contributed by atoms with Crippen molar-refractivity contribution in [2.75, 3.05) is 11.5 Å². The van der Waals surface area contributed by atoms with E-state index in [4.69, 9.17) is 5.73 Å². The molecular weight excluding hydrogens is 258 g/mol. The van der Waals surface area contributed by atoms with Gasteiger partial charge in [-0.2, -0.15) is 0 Å². The molecule has 0 spiro atoms. The second kappa shape index (κ2) is 6.06. The van der Waals surface area contributed by atoms with Crippen LogP contribution < -0.4 is 5.73 Å². The lowest BCUT2D eigenvalue weighted by molar-refractivity contribution is 0.468. The molecule has 0 aromatic heterocycles. The summed E-state index contributed by atoms with van der Waals surface area (Å²) in [4.78, 5) is 0. The van der Waals surface area contributed by atoms with Gasteiger partial charge in [-0.25, -0.2) is 8.42 Å². The molecule has 0 bridgehead atoms. The molecular formula is C15H23NO2S. The van der Waals surface area contributed by atoms with E-state index >= 15 is 0 Å². The van der Waals surface area contributed by atoms with Crippen molar-refractivity contribution >= 4 is 9.84 Å². The van der Waals surface area contributed by atoms with E-state index in [9.17, 15) is 8.42 Å². The zero-order valence-corrected chi connectivity index (χ0v) is 12.3. The van der Waals surface area contributed by atoms with Crippen LogP contribution in [0.5, 0.6) is 0 Å². The van der Waals surface area contributed by atoms with Gasteiger partial charge in [0.1, 0.15) is 0 Å². The normalized spacial score (nSPS) is 23.4. The third kappa shape index (κ3) is 4.32. The van der Waals surface area contributed by atoms with Crippen molar-refractivity contribution in [1.29, 1.82) is 0 Å². The first kappa shape index (κ1) is 14.5. The quantitative estimate of drug-likeness (QED) is 0.897. The summed E-state index contributed by atoms with van der Waals surface area (Å²) in [5, 5.41) is 0. The molecule has 1 aromatic carbocycles. The number of sulfone groups is 1. The SMILES string of the molecule is CCc1ccc(CC(N)CC2CCS(=O)(=O)C2)cc1. The Balaban J connectivity index is 1.85. The number of rotatable bonds is 5. The Morgan fingerprint density at radius 2 is 1.89 bits per heavy atom. The van der Waals surface area contributed by atoms with Crippen LogP contribution >= 0.6 is 0 Å². The van der Waals surface area contributed by atoms with Crippen LogP contribution in [0.3, 0.4) is 0 Å². The first-order chi connectivity index (χ1) is 8.98. The number of hydrogen-bond donors (Lipinski definition) is 1. The Morgan fingerprint density at radius 1 is 1.26 bits per heavy atom. The third-order valence-corrected chi connectivity index (χ3v) is 5.73. The average molecular weight is 281 g/mol. The van der Waals surface area contributed by atoms with Crippen molar-refractivity contribution < 1.29 is 8.42 Å². The largest absolute Gasteiger partial charge is 0.327 e. The number of aryl methyl sites for hydroxylation is 1. The molecule has 1 aliphatic heterocycles. The lowest BCUT2D eigenvalue weighted by atomic mass is 9.95. The van der Waals surface area contributed by atoms with E-state index in [0.29, 0.717) is 11.5 Å². The van der Waals surface area contributed by atoms with Crippen molar-refractivity contribution in [3.63, 3.8) is 0 Å². The number of benzene rings is 1. The van der Waals surface area contributed by atoms with Crippen molar-refractivity contribution in [3.05, 3.63) is 35.4 Å². The van der Waals surface area contributed by atoms with Gasteiger partial charge in [-0.15, -0.1) is 0 Å². The van der Waals surface area contributed by atoms with Crippen molar-refractivity contribution in [2.45, 2.75) is 38.6 Å². The molecule has 1 aliphatic rings. The topological polar surface area (TPSA) is 60.2 Å². The van der Waals surface area contributed by atoms with Crippen molar-refractivity contribution in [3.8, 4) is 0 Å². The summed E-state index contributed by atoms with van der Waals surface area (Å²) in [6, 6.07) is 8.60. The molecule has 1 saturated heterocycles. The highest BCUT2D eigenvalue weighted by Crippen LogP contribution is 2.23. The monoisotopic (exact) mass is 281 g/mol. The van der Waals surface area contributed by atoms with Gasteiger partial charge in [-0.3, -0.25) is 0 Å². The van der Waals surface area contributed by atoms with Crippen LogP contribution in [0.25, 0.3) is 0 Å². The minimum atomic E-state index is -2.78. The van der Waals surface area contributed by atoms with Crippen molar-refractivity contribution in [1.82, 2.24) is 0 Å². The Bertz CT molecular complexity index is 507. The Morgan fingerprint density at radius 3 is 2.42 bits per heavy atom. The van der Waals surface area contributed by atoms with Crippen LogP contribution in [0.4, 0.5) is 0 Å². The van der Waals surface area contributed by atoms with Crippen LogP contribution in [0.2, 0.25) is 0 Å². The van der Waals surface area contributed by atoms with Gasteiger partial charge in [0.2, 0.25) is 0 Å². The Kier molecular flexibility index (Phi) is 4.63. The lowest BCUT2D eigenvalue weighted by Crippen LogP contribution is -2.26. The Hall–Kier alpha value is -0.870. The first-order valence-corrected chi connectivity index (χ1v) is 8.84. The predicted molar refractivity (Wildman–Crippen MR) is 78.9 cm³/mol. The van der Waals surface area contributed by atoms with Gasteiger partial charge in [0.25, 0.3) is 0 Å². The molecule has 1 aromatic rings. The minimum Gasteiger partial charge on any atom is -0.327 e. The molecule has 0 saturated carbocycles. The fraction of sp³-hybridized carbons (Fsp3) is 0.600. The van der Waals surface area contributed by atoms with E-state index in [0.717, 1.165) is 25.7 Å². The van der Waals surface area contributed by atoms with Gasteiger partial charge in [-0.1, -0.05) is 31.2 Å². The van der Waals surface area contributed by atoms with E-state index in [-0.39, 0.29) is 12.0 Å². The summed E-state index contributed by atoms with van der Waals surface area (Å²) in [7, 11) is -2.78. The summed E-state index contributed by atoms with van der Waals surface area (Å²) in [5.74, 6) is 0.931. The van der Waals surface area contributed by atoms with E-state index in [1.165, 1.54) is 11.1 Å². The Labute approximate surface area is 116 Å². The van der Waals surface area contributed by atoms with E-state index in [1.807, 2.05) is 0 Å². The van der Waals surface area contributed by atoms with Crippen LogP contribution in [-0.2, 0) is 22.7 Å². The maximum atomic E-state index is 11.4. The summed E-state index contributed by atoms with van der Waals surface area (Å²) >= 11 is 0. The molecule has 106 valence electrons. The van der Waals surface area contributed by atoms with Gasteiger partial charge < -0.3 is 5.73 Å². The average Bonchev–Trinajstić information content (AvgIpc) is 2.69. The van der Waals surface area contributed by atoms with Gasteiger partial charge in [0.05, 0.1) is 11.5 Å². The van der Waals surface area contributed by atoms with Gasteiger partial charge in [0.15, 0.2) is 9.84 Å². The molecule has 1 fully saturated rings. The predicted octanol–water partition coefficient (Wildman–Crippen LogP) is 1.94. The molecule has 1 heterocycles.